The Labute approximate surface area is 206 Å². The van der Waals surface area contributed by atoms with E-state index in [1.54, 1.807) is 12.1 Å². The van der Waals surface area contributed by atoms with Crippen molar-refractivity contribution in [1.82, 2.24) is 19.8 Å². The van der Waals surface area contributed by atoms with Gasteiger partial charge in [0, 0.05) is 45.8 Å². The number of hydrogen-bond acceptors (Lipinski definition) is 5. The Balaban J connectivity index is 1.20. The summed E-state index contributed by atoms with van der Waals surface area (Å²) in [5.74, 6) is -1.34. The van der Waals surface area contributed by atoms with Crippen LogP contribution in [0.5, 0.6) is 0 Å². The smallest absolute Gasteiger partial charge is 0.309 e. The molecule has 0 aliphatic carbocycles. The number of rotatable bonds is 7. The zero-order valence-electron chi connectivity index (χ0n) is 19.7. The molecular weight excluding hydrogens is 464 g/mol. The van der Waals surface area contributed by atoms with E-state index in [0.29, 0.717) is 50.7 Å². The maximum Gasteiger partial charge on any atom is 0.309 e. The predicted octanol–water partition coefficient (Wildman–Crippen LogP) is 1.89. The Kier molecular flexibility index (Phi) is 7.80. The van der Waals surface area contributed by atoms with Crippen LogP contribution in [0.2, 0.25) is 0 Å². The number of benzene rings is 3. The number of nitrogens with one attached hydrogen (secondary N) is 2. The van der Waals surface area contributed by atoms with E-state index in [4.69, 9.17) is 0 Å². The minimum absolute atomic E-state index is 0.292. The normalized spacial score (nSPS) is 15.1. The second-order valence-electron chi connectivity index (χ2n) is 8.68. The predicted molar refractivity (Wildman–Crippen MR) is 135 cm³/mol. The van der Waals surface area contributed by atoms with Crippen LogP contribution in [-0.2, 0) is 26.2 Å². The number of fused-ring (bicyclic) bond motifs is 1. The van der Waals surface area contributed by atoms with Gasteiger partial charge in [0.25, 0.3) is 0 Å². The molecule has 0 bridgehead atoms. The van der Waals surface area contributed by atoms with Gasteiger partial charge in [-0.2, -0.15) is 4.31 Å². The molecule has 9 heteroatoms. The molecule has 3 aromatic carbocycles. The molecule has 2 amide bonds. The van der Waals surface area contributed by atoms with Crippen LogP contribution in [-0.4, -0.2) is 68.7 Å². The first-order chi connectivity index (χ1) is 16.8. The molecular formula is C26H30N4O4S. The minimum Gasteiger partial charge on any atom is -0.347 e. The number of carbonyl (C=O) groups is 2. The zero-order chi connectivity index (χ0) is 24.8. The summed E-state index contributed by atoms with van der Waals surface area (Å²) in [5, 5.41) is 7.15. The van der Waals surface area contributed by atoms with Crippen molar-refractivity contribution in [2.24, 2.45) is 0 Å². The molecule has 0 aromatic heterocycles. The van der Waals surface area contributed by atoms with Crippen LogP contribution < -0.4 is 10.6 Å². The van der Waals surface area contributed by atoms with Crippen LogP contribution in [0.1, 0.15) is 11.1 Å². The molecule has 1 saturated heterocycles. The summed E-state index contributed by atoms with van der Waals surface area (Å²) < 4.78 is 27.7. The van der Waals surface area contributed by atoms with Crippen LogP contribution in [0.25, 0.3) is 10.8 Å². The number of carbonyl (C=O) groups excluding carboxylic acids is 2. The molecule has 3 aromatic rings. The summed E-state index contributed by atoms with van der Waals surface area (Å²) in [7, 11) is -3.57. The summed E-state index contributed by atoms with van der Waals surface area (Å²) >= 11 is 0. The number of nitrogens with zero attached hydrogens (tertiary/aromatic N) is 2. The van der Waals surface area contributed by atoms with E-state index in [9.17, 15) is 18.0 Å². The van der Waals surface area contributed by atoms with Gasteiger partial charge < -0.3 is 10.6 Å². The Bertz CT molecular complexity index is 1300. The van der Waals surface area contributed by atoms with Gasteiger partial charge in [0.05, 0.1) is 4.90 Å². The molecule has 0 saturated carbocycles. The third-order valence-electron chi connectivity index (χ3n) is 6.18. The van der Waals surface area contributed by atoms with Crippen molar-refractivity contribution >= 4 is 32.6 Å². The second kappa shape index (κ2) is 11.0. The molecule has 0 atom stereocenters. The van der Waals surface area contributed by atoms with Crippen molar-refractivity contribution in [3.05, 3.63) is 77.9 Å². The van der Waals surface area contributed by atoms with Gasteiger partial charge in [0.2, 0.25) is 10.0 Å². The standard InChI is InChI=1S/C26H30N4O4S/c1-20-6-8-21(9-7-20)19-28-26(32)25(31)27-12-13-29-14-16-30(17-15-29)35(33,34)24-11-10-22-4-2-3-5-23(22)18-24/h2-11,18H,12-17,19H2,1H3,(H,27,31)(H,28,32). The fraction of sp³-hybridized carbons (Fsp3) is 0.308. The van der Waals surface area contributed by atoms with Gasteiger partial charge in [0.15, 0.2) is 0 Å². The first-order valence-corrected chi connectivity index (χ1v) is 13.1. The molecule has 0 radical (unpaired) electrons. The number of piperazine rings is 1. The Morgan fingerprint density at radius 2 is 1.49 bits per heavy atom. The van der Waals surface area contributed by atoms with E-state index in [-0.39, 0.29) is 0 Å². The number of sulfonamides is 1. The second-order valence-corrected chi connectivity index (χ2v) is 10.6. The van der Waals surface area contributed by atoms with Crippen molar-refractivity contribution in [3.8, 4) is 0 Å². The average Bonchev–Trinajstić information content (AvgIpc) is 2.88. The number of amides is 2. The molecule has 2 N–H and O–H groups in total. The van der Waals surface area contributed by atoms with E-state index in [1.165, 1.54) is 4.31 Å². The largest absolute Gasteiger partial charge is 0.347 e. The molecule has 35 heavy (non-hydrogen) atoms. The third kappa shape index (κ3) is 6.25. The van der Waals surface area contributed by atoms with Gasteiger partial charge in [-0.15, -0.1) is 0 Å². The van der Waals surface area contributed by atoms with Gasteiger partial charge in [-0.25, -0.2) is 8.42 Å². The summed E-state index contributed by atoms with van der Waals surface area (Å²) in [4.78, 5) is 26.5. The maximum atomic E-state index is 13.1. The fourth-order valence-corrected chi connectivity index (χ4v) is 5.50. The van der Waals surface area contributed by atoms with Gasteiger partial charge in [0.1, 0.15) is 0 Å². The van der Waals surface area contributed by atoms with Crippen molar-refractivity contribution in [3.63, 3.8) is 0 Å². The molecule has 1 aliphatic rings. The quantitative estimate of drug-likeness (QED) is 0.489. The first-order valence-electron chi connectivity index (χ1n) is 11.7. The molecule has 184 valence electrons. The monoisotopic (exact) mass is 494 g/mol. The average molecular weight is 495 g/mol. The van der Waals surface area contributed by atoms with E-state index in [0.717, 1.165) is 21.9 Å². The molecule has 1 aliphatic heterocycles. The van der Waals surface area contributed by atoms with E-state index >= 15 is 0 Å². The summed E-state index contributed by atoms with van der Waals surface area (Å²) in [5.41, 5.74) is 2.05. The Morgan fingerprint density at radius 3 is 2.20 bits per heavy atom. The zero-order valence-corrected chi connectivity index (χ0v) is 20.6. The highest BCUT2D eigenvalue weighted by molar-refractivity contribution is 7.89. The SMILES string of the molecule is Cc1ccc(CNC(=O)C(=O)NCCN2CCN(S(=O)(=O)c3ccc4ccccc4c3)CC2)cc1. The van der Waals surface area contributed by atoms with Gasteiger partial charge in [-0.3, -0.25) is 14.5 Å². The molecule has 4 rings (SSSR count). The summed E-state index contributed by atoms with van der Waals surface area (Å²) in [6.07, 6.45) is 0. The summed E-state index contributed by atoms with van der Waals surface area (Å²) in [6.45, 7) is 5.00. The first kappa shape index (κ1) is 24.8. The van der Waals surface area contributed by atoms with Crippen molar-refractivity contribution in [2.75, 3.05) is 39.3 Å². The highest BCUT2D eigenvalue weighted by atomic mass is 32.2. The van der Waals surface area contributed by atoms with Crippen LogP contribution in [0.15, 0.2) is 71.6 Å². The molecule has 0 unspecified atom stereocenters. The maximum absolute atomic E-state index is 13.1. The molecule has 1 heterocycles. The number of hydrogen-bond donors (Lipinski definition) is 2. The summed E-state index contributed by atoms with van der Waals surface area (Å²) in [6, 6.07) is 20.6. The number of aryl methyl sites for hydroxylation is 1. The Hall–Kier alpha value is -3.27. The fourth-order valence-electron chi connectivity index (χ4n) is 4.05. The van der Waals surface area contributed by atoms with Gasteiger partial charge >= 0.3 is 11.8 Å². The van der Waals surface area contributed by atoms with Crippen molar-refractivity contribution < 1.29 is 18.0 Å². The van der Waals surface area contributed by atoms with Gasteiger partial charge in [-0.1, -0.05) is 60.2 Å². The highest BCUT2D eigenvalue weighted by Crippen LogP contribution is 2.22. The topological polar surface area (TPSA) is 98.8 Å². The van der Waals surface area contributed by atoms with Gasteiger partial charge in [-0.05, 0) is 35.4 Å². The lowest BCUT2D eigenvalue weighted by Gasteiger charge is -2.34. The minimum atomic E-state index is -3.57. The van der Waals surface area contributed by atoms with E-state index in [1.807, 2.05) is 61.5 Å². The molecule has 0 spiro atoms. The van der Waals surface area contributed by atoms with E-state index < -0.39 is 21.8 Å². The van der Waals surface area contributed by atoms with Crippen molar-refractivity contribution in [2.45, 2.75) is 18.4 Å². The van der Waals surface area contributed by atoms with E-state index in [2.05, 4.69) is 15.5 Å². The van der Waals surface area contributed by atoms with Crippen LogP contribution in [0.4, 0.5) is 0 Å². The van der Waals surface area contributed by atoms with Crippen LogP contribution in [0.3, 0.4) is 0 Å². The highest BCUT2D eigenvalue weighted by Gasteiger charge is 2.28. The molecule has 1 fully saturated rings. The van der Waals surface area contributed by atoms with Crippen LogP contribution >= 0.6 is 0 Å². The van der Waals surface area contributed by atoms with Crippen LogP contribution in [0, 0.1) is 6.92 Å². The lowest BCUT2D eigenvalue weighted by Crippen LogP contribution is -2.50. The van der Waals surface area contributed by atoms with Crippen molar-refractivity contribution in [1.29, 1.82) is 0 Å². The third-order valence-corrected chi connectivity index (χ3v) is 8.08. The lowest BCUT2D eigenvalue weighted by atomic mass is 10.1. The Morgan fingerprint density at radius 1 is 0.829 bits per heavy atom. The molecule has 8 nitrogen and oxygen atoms in total. The lowest BCUT2D eigenvalue weighted by molar-refractivity contribution is -0.139.